The fourth-order valence-electron chi connectivity index (χ4n) is 3.55. The molecule has 110 valence electrons. The van der Waals surface area contributed by atoms with Crippen molar-refractivity contribution in [1.82, 2.24) is 14.8 Å². The summed E-state index contributed by atoms with van der Waals surface area (Å²) in [6.07, 6.45) is 7.59. The molecule has 1 aliphatic heterocycles. The van der Waals surface area contributed by atoms with Crippen molar-refractivity contribution in [1.29, 1.82) is 0 Å². The fourth-order valence-corrected chi connectivity index (χ4v) is 3.55. The first kappa shape index (κ1) is 14.0. The summed E-state index contributed by atoms with van der Waals surface area (Å²) in [5.41, 5.74) is 7.99. The van der Waals surface area contributed by atoms with Crippen molar-refractivity contribution in [2.75, 3.05) is 26.2 Å². The minimum Gasteiger partial charge on any atom is -0.325 e. The van der Waals surface area contributed by atoms with Gasteiger partial charge in [-0.15, -0.1) is 0 Å². The number of nitrogens with zero attached hydrogens (tertiary/aromatic N) is 3. The molecule has 0 amide bonds. The van der Waals surface area contributed by atoms with Gasteiger partial charge in [-0.25, -0.2) is 0 Å². The summed E-state index contributed by atoms with van der Waals surface area (Å²) in [6, 6.07) is 5.13. The Kier molecular flexibility index (Phi) is 4.65. The Labute approximate surface area is 122 Å². The van der Waals surface area contributed by atoms with Crippen LogP contribution in [-0.4, -0.2) is 47.0 Å². The van der Waals surface area contributed by atoms with Crippen LogP contribution in [0.15, 0.2) is 18.3 Å². The molecule has 2 N–H and O–H groups in total. The molecule has 0 aromatic carbocycles. The van der Waals surface area contributed by atoms with E-state index in [-0.39, 0.29) is 0 Å². The lowest BCUT2D eigenvalue weighted by Crippen LogP contribution is -2.49. The number of rotatable bonds is 4. The molecular formula is C16H26N4. The zero-order valence-electron chi connectivity index (χ0n) is 12.3. The van der Waals surface area contributed by atoms with Crippen LogP contribution in [0.5, 0.6) is 0 Å². The van der Waals surface area contributed by atoms with E-state index in [1.54, 1.807) is 0 Å². The molecule has 0 bridgehead atoms. The van der Waals surface area contributed by atoms with Crippen LogP contribution in [0, 0.1) is 0 Å². The van der Waals surface area contributed by atoms with Gasteiger partial charge in [0.25, 0.3) is 0 Å². The molecule has 0 atom stereocenters. The van der Waals surface area contributed by atoms with Crippen LogP contribution in [0.25, 0.3) is 0 Å². The fraction of sp³-hybridized carbons (Fsp3) is 0.688. The molecule has 2 heterocycles. The smallest absolute Gasteiger partial charge is 0.0542 e. The van der Waals surface area contributed by atoms with Crippen molar-refractivity contribution in [3.05, 3.63) is 29.6 Å². The molecule has 2 aliphatic rings. The third-order valence-corrected chi connectivity index (χ3v) is 4.74. The summed E-state index contributed by atoms with van der Waals surface area (Å²) in [4.78, 5) is 9.53. The first-order valence-electron chi connectivity index (χ1n) is 7.95. The quantitative estimate of drug-likeness (QED) is 0.906. The first-order chi connectivity index (χ1) is 9.85. The monoisotopic (exact) mass is 274 g/mol. The summed E-state index contributed by atoms with van der Waals surface area (Å²) in [5, 5.41) is 0. The number of aromatic nitrogens is 1. The van der Waals surface area contributed by atoms with E-state index in [2.05, 4.69) is 26.9 Å². The highest BCUT2D eigenvalue weighted by atomic mass is 15.3. The summed E-state index contributed by atoms with van der Waals surface area (Å²) < 4.78 is 0. The molecule has 1 aromatic rings. The third kappa shape index (κ3) is 3.37. The van der Waals surface area contributed by atoms with Crippen molar-refractivity contribution < 1.29 is 0 Å². The van der Waals surface area contributed by atoms with E-state index in [9.17, 15) is 0 Å². The first-order valence-corrected chi connectivity index (χ1v) is 7.95. The molecule has 0 spiro atoms. The summed E-state index contributed by atoms with van der Waals surface area (Å²) in [6.45, 7) is 6.42. The molecule has 20 heavy (non-hydrogen) atoms. The van der Waals surface area contributed by atoms with Gasteiger partial charge in [-0.3, -0.25) is 14.8 Å². The van der Waals surface area contributed by atoms with E-state index >= 15 is 0 Å². The number of hydrogen-bond acceptors (Lipinski definition) is 4. The Balaban J connectivity index is 1.50. The van der Waals surface area contributed by atoms with E-state index in [0.29, 0.717) is 6.54 Å². The summed E-state index contributed by atoms with van der Waals surface area (Å²) in [7, 11) is 0. The molecule has 4 nitrogen and oxygen atoms in total. The molecule has 1 aliphatic carbocycles. The third-order valence-electron chi connectivity index (χ3n) is 4.74. The van der Waals surface area contributed by atoms with Crippen molar-refractivity contribution in [2.45, 2.75) is 44.8 Å². The Morgan fingerprint density at radius 1 is 1.15 bits per heavy atom. The van der Waals surface area contributed by atoms with Gasteiger partial charge in [0.05, 0.1) is 5.69 Å². The normalized spacial score (nSPS) is 22.4. The standard InChI is InChI=1S/C16H26N4/c17-12-15-11-14(5-6-18-15)13-19-7-9-20(10-8-19)16-3-1-2-4-16/h5-6,11,16H,1-4,7-10,12-13,17H2. The summed E-state index contributed by atoms with van der Waals surface area (Å²) >= 11 is 0. The van der Waals surface area contributed by atoms with Gasteiger partial charge in [0, 0.05) is 51.5 Å². The maximum Gasteiger partial charge on any atom is 0.0542 e. The number of hydrogen-bond donors (Lipinski definition) is 1. The van der Waals surface area contributed by atoms with E-state index in [0.717, 1.165) is 18.3 Å². The van der Waals surface area contributed by atoms with Gasteiger partial charge in [0.15, 0.2) is 0 Å². The van der Waals surface area contributed by atoms with Crippen LogP contribution in [0.2, 0.25) is 0 Å². The minimum atomic E-state index is 0.531. The molecule has 0 radical (unpaired) electrons. The predicted molar refractivity (Wildman–Crippen MR) is 81.2 cm³/mol. The van der Waals surface area contributed by atoms with Crippen LogP contribution in [0.4, 0.5) is 0 Å². The van der Waals surface area contributed by atoms with Gasteiger partial charge in [-0.05, 0) is 30.5 Å². The summed E-state index contributed by atoms with van der Waals surface area (Å²) in [5.74, 6) is 0. The largest absolute Gasteiger partial charge is 0.325 e. The molecule has 3 rings (SSSR count). The number of piperazine rings is 1. The van der Waals surface area contributed by atoms with Crippen molar-refractivity contribution in [2.24, 2.45) is 5.73 Å². The topological polar surface area (TPSA) is 45.4 Å². The SMILES string of the molecule is NCc1cc(CN2CCN(C3CCCC3)CC2)ccn1. The van der Waals surface area contributed by atoms with E-state index in [4.69, 9.17) is 5.73 Å². The van der Waals surface area contributed by atoms with Gasteiger partial charge < -0.3 is 5.73 Å². The van der Waals surface area contributed by atoms with Crippen LogP contribution >= 0.6 is 0 Å². The Bertz CT molecular complexity index is 420. The van der Waals surface area contributed by atoms with E-state index < -0.39 is 0 Å². The van der Waals surface area contributed by atoms with Gasteiger partial charge in [0.1, 0.15) is 0 Å². The highest BCUT2D eigenvalue weighted by molar-refractivity contribution is 5.16. The van der Waals surface area contributed by atoms with Gasteiger partial charge in [0.2, 0.25) is 0 Å². The lowest BCUT2D eigenvalue weighted by Gasteiger charge is -2.38. The van der Waals surface area contributed by atoms with Crippen molar-refractivity contribution in [3.8, 4) is 0 Å². The van der Waals surface area contributed by atoms with Crippen LogP contribution in [-0.2, 0) is 13.1 Å². The zero-order valence-corrected chi connectivity index (χ0v) is 12.3. The van der Waals surface area contributed by atoms with Crippen LogP contribution in [0.1, 0.15) is 36.9 Å². The predicted octanol–water partition coefficient (Wildman–Crippen LogP) is 1.60. The van der Waals surface area contributed by atoms with Crippen molar-refractivity contribution in [3.63, 3.8) is 0 Å². The molecule has 1 aromatic heterocycles. The molecule has 1 saturated carbocycles. The number of pyridine rings is 1. The lowest BCUT2D eigenvalue weighted by molar-refractivity contribution is 0.0937. The molecular weight excluding hydrogens is 248 g/mol. The second kappa shape index (κ2) is 6.66. The average molecular weight is 274 g/mol. The Morgan fingerprint density at radius 3 is 2.60 bits per heavy atom. The van der Waals surface area contributed by atoms with Crippen LogP contribution in [0.3, 0.4) is 0 Å². The molecule has 4 heteroatoms. The lowest BCUT2D eigenvalue weighted by atomic mass is 10.1. The average Bonchev–Trinajstić information content (AvgIpc) is 3.02. The van der Waals surface area contributed by atoms with Crippen molar-refractivity contribution >= 4 is 0 Å². The molecule has 1 saturated heterocycles. The van der Waals surface area contributed by atoms with E-state index in [1.807, 2.05) is 6.20 Å². The minimum absolute atomic E-state index is 0.531. The van der Waals surface area contributed by atoms with Gasteiger partial charge in [-0.2, -0.15) is 0 Å². The maximum atomic E-state index is 5.66. The van der Waals surface area contributed by atoms with Crippen LogP contribution < -0.4 is 5.73 Å². The molecule has 0 unspecified atom stereocenters. The maximum absolute atomic E-state index is 5.66. The highest BCUT2D eigenvalue weighted by Crippen LogP contribution is 2.24. The van der Waals surface area contributed by atoms with E-state index in [1.165, 1.54) is 57.4 Å². The van der Waals surface area contributed by atoms with Gasteiger partial charge in [-0.1, -0.05) is 12.8 Å². The number of nitrogens with two attached hydrogens (primary N) is 1. The second-order valence-corrected chi connectivity index (χ2v) is 6.11. The second-order valence-electron chi connectivity index (χ2n) is 6.11. The Morgan fingerprint density at radius 2 is 1.90 bits per heavy atom. The van der Waals surface area contributed by atoms with Gasteiger partial charge >= 0.3 is 0 Å². The zero-order chi connectivity index (χ0) is 13.8. The molecule has 2 fully saturated rings. The Hall–Kier alpha value is -0.970. The highest BCUT2D eigenvalue weighted by Gasteiger charge is 2.25.